The Morgan fingerprint density at radius 1 is 1.31 bits per heavy atom. The van der Waals surface area contributed by atoms with Crippen LogP contribution in [0, 0.1) is 13.8 Å². The second kappa shape index (κ2) is 4.65. The molecule has 0 aliphatic carbocycles. The standard InChI is InChI=1S/C11H15NO/c1-4-12-8-13-11-9(2)6-5-7-10(11)3/h5-8H,4H2,1-3H3. The summed E-state index contributed by atoms with van der Waals surface area (Å²) in [6, 6.07) is 6.08. The van der Waals surface area contributed by atoms with Crippen LogP contribution in [0.1, 0.15) is 18.1 Å². The van der Waals surface area contributed by atoms with Crippen molar-refractivity contribution in [2.24, 2.45) is 4.99 Å². The molecule has 2 nitrogen and oxygen atoms in total. The Balaban J connectivity index is 2.81. The van der Waals surface area contributed by atoms with Gasteiger partial charge in [0.25, 0.3) is 0 Å². The fourth-order valence-electron chi connectivity index (χ4n) is 1.15. The number of benzene rings is 1. The molecule has 0 fully saturated rings. The molecule has 0 aromatic heterocycles. The zero-order chi connectivity index (χ0) is 9.68. The lowest BCUT2D eigenvalue weighted by Crippen LogP contribution is -1.95. The first kappa shape index (κ1) is 9.78. The van der Waals surface area contributed by atoms with Crippen LogP contribution in [0.3, 0.4) is 0 Å². The van der Waals surface area contributed by atoms with Crippen molar-refractivity contribution in [3.05, 3.63) is 29.3 Å². The van der Waals surface area contributed by atoms with Crippen molar-refractivity contribution >= 4 is 6.40 Å². The maximum atomic E-state index is 5.42. The summed E-state index contributed by atoms with van der Waals surface area (Å²) in [5, 5.41) is 0. The minimum absolute atomic E-state index is 0.755. The van der Waals surface area contributed by atoms with Crippen LogP contribution >= 0.6 is 0 Å². The second-order valence-corrected chi connectivity index (χ2v) is 2.94. The number of aliphatic imine (C=N–C) groups is 1. The highest BCUT2D eigenvalue weighted by atomic mass is 16.5. The van der Waals surface area contributed by atoms with Crippen molar-refractivity contribution in [3.8, 4) is 5.75 Å². The molecule has 0 bridgehead atoms. The lowest BCUT2D eigenvalue weighted by molar-refractivity contribution is 0.561. The average molecular weight is 177 g/mol. The van der Waals surface area contributed by atoms with Crippen molar-refractivity contribution < 1.29 is 4.74 Å². The molecule has 0 radical (unpaired) electrons. The van der Waals surface area contributed by atoms with Crippen LogP contribution in [0.25, 0.3) is 0 Å². The van der Waals surface area contributed by atoms with Crippen LogP contribution < -0.4 is 4.74 Å². The highest BCUT2D eigenvalue weighted by Gasteiger charge is 2.00. The molecule has 13 heavy (non-hydrogen) atoms. The van der Waals surface area contributed by atoms with Crippen molar-refractivity contribution in [2.45, 2.75) is 20.8 Å². The van der Waals surface area contributed by atoms with E-state index in [-0.39, 0.29) is 0 Å². The lowest BCUT2D eigenvalue weighted by Gasteiger charge is -2.06. The Bertz CT molecular complexity index is 285. The van der Waals surface area contributed by atoms with Gasteiger partial charge >= 0.3 is 0 Å². The van der Waals surface area contributed by atoms with Crippen LogP contribution in [-0.2, 0) is 0 Å². The van der Waals surface area contributed by atoms with Gasteiger partial charge in [-0.25, -0.2) is 0 Å². The van der Waals surface area contributed by atoms with E-state index in [4.69, 9.17) is 4.74 Å². The Kier molecular flexibility index (Phi) is 3.50. The van der Waals surface area contributed by atoms with E-state index in [0.29, 0.717) is 0 Å². The number of hydrogen-bond donors (Lipinski definition) is 0. The van der Waals surface area contributed by atoms with E-state index >= 15 is 0 Å². The fourth-order valence-corrected chi connectivity index (χ4v) is 1.15. The maximum Gasteiger partial charge on any atom is 0.176 e. The van der Waals surface area contributed by atoms with Gasteiger partial charge in [0.05, 0.1) is 0 Å². The molecule has 0 saturated carbocycles. The number of rotatable bonds is 3. The van der Waals surface area contributed by atoms with Gasteiger partial charge < -0.3 is 4.74 Å². The van der Waals surface area contributed by atoms with Gasteiger partial charge in [-0.3, -0.25) is 4.99 Å². The summed E-state index contributed by atoms with van der Waals surface area (Å²) >= 11 is 0. The van der Waals surface area contributed by atoms with Gasteiger partial charge in [0.15, 0.2) is 6.40 Å². The lowest BCUT2D eigenvalue weighted by atomic mass is 10.1. The summed E-state index contributed by atoms with van der Waals surface area (Å²) in [5.41, 5.74) is 2.28. The first-order valence-electron chi connectivity index (χ1n) is 4.47. The summed E-state index contributed by atoms with van der Waals surface area (Å²) in [4.78, 5) is 4.00. The van der Waals surface area contributed by atoms with Gasteiger partial charge in [-0.15, -0.1) is 0 Å². The highest BCUT2D eigenvalue weighted by molar-refractivity contribution is 5.55. The monoisotopic (exact) mass is 177 g/mol. The average Bonchev–Trinajstić information content (AvgIpc) is 2.10. The zero-order valence-electron chi connectivity index (χ0n) is 8.37. The zero-order valence-corrected chi connectivity index (χ0v) is 8.37. The predicted octanol–water partition coefficient (Wildman–Crippen LogP) is 2.73. The maximum absolute atomic E-state index is 5.42. The third kappa shape index (κ3) is 2.58. The molecule has 0 amide bonds. The van der Waals surface area contributed by atoms with E-state index in [1.165, 1.54) is 6.40 Å². The van der Waals surface area contributed by atoms with Crippen LogP contribution in [0.2, 0.25) is 0 Å². The largest absolute Gasteiger partial charge is 0.446 e. The SMILES string of the molecule is CCN=COc1c(C)cccc1C. The van der Waals surface area contributed by atoms with Gasteiger partial charge in [-0.2, -0.15) is 0 Å². The Morgan fingerprint density at radius 3 is 2.46 bits per heavy atom. The first-order chi connectivity index (χ1) is 6.25. The molecule has 0 unspecified atom stereocenters. The summed E-state index contributed by atoms with van der Waals surface area (Å²) < 4.78 is 5.42. The van der Waals surface area contributed by atoms with E-state index in [1.54, 1.807) is 0 Å². The number of aryl methyl sites for hydroxylation is 2. The second-order valence-electron chi connectivity index (χ2n) is 2.94. The Morgan fingerprint density at radius 2 is 1.92 bits per heavy atom. The van der Waals surface area contributed by atoms with Gasteiger partial charge in [0.2, 0.25) is 0 Å². The van der Waals surface area contributed by atoms with E-state index in [0.717, 1.165) is 23.4 Å². The molecule has 0 spiro atoms. The molecule has 2 heteroatoms. The molecule has 1 rings (SSSR count). The first-order valence-corrected chi connectivity index (χ1v) is 4.47. The molecule has 0 N–H and O–H groups in total. The van der Waals surface area contributed by atoms with Gasteiger partial charge in [0, 0.05) is 6.54 Å². The van der Waals surface area contributed by atoms with Crippen LogP contribution in [0.15, 0.2) is 23.2 Å². The summed E-state index contributed by atoms with van der Waals surface area (Å²) in [6.45, 7) is 6.79. The van der Waals surface area contributed by atoms with Crippen molar-refractivity contribution in [1.29, 1.82) is 0 Å². The van der Waals surface area contributed by atoms with Crippen LogP contribution in [0.5, 0.6) is 5.75 Å². The summed E-state index contributed by atoms with van der Waals surface area (Å²) in [7, 11) is 0. The van der Waals surface area contributed by atoms with E-state index in [1.807, 2.05) is 39.0 Å². The molecule has 0 atom stereocenters. The highest BCUT2D eigenvalue weighted by Crippen LogP contribution is 2.21. The Labute approximate surface area is 79.3 Å². The third-order valence-electron chi connectivity index (χ3n) is 1.84. The minimum Gasteiger partial charge on any atom is -0.446 e. The molecular formula is C11H15NO. The van der Waals surface area contributed by atoms with E-state index < -0.39 is 0 Å². The minimum atomic E-state index is 0.755. The van der Waals surface area contributed by atoms with Crippen LogP contribution in [0.4, 0.5) is 0 Å². The van der Waals surface area contributed by atoms with E-state index in [9.17, 15) is 0 Å². The molecule has 0 aliphatic heterocycles. The topological polar surface area (TPSA) is 21.6 Å². The van der Waals surface area contributed by atoms with Crippen LogP contribution in [-0.4, -0.2) is 12.9 Å². The van der Waals surface area contributed by atoms with Gasteiger partial charge in [-0.05, 0) is 31.9 Å². The quantitative estimate of drug-likeness (QED) is 0.514. The fraction of sp³-hybridized carbons (Fsp3) is 0.364. The van der Waals surface area contributed by atoms with Crippen molar-refractivity contribution in [3.63, 3.8) is 0 Å². The van der Waals surface area contributed by atoms with Gasteiger partial charge in [0.1, 0.15) is 5.75 Å². The molecular weight excluding hydrogens is 162 g/mol. The number of nitrogens with zero attached hydrogens (tertiary/aromatic N) is 1. The van der Waals surface area contributed by atoms with Crippen molar-refractivity contribution in [1.82, 2.24) is 0 Å². The molecule has 1 aromatic carbocycles. The van der Waals surface area contributed by atoms with E-state index in [2.05, 4.69) is 4.99 Å². The predicted molar refractivity (Wildman–Crippen MR) is 55.6 cm³/mol. The third-order valence-corrected chi connectivity index (χ3v) is 1.84. The summed E-state index contributed by atoms with van der Waals surface area (Å²) in [5.74, 6) is 0.916. The smallest absolute Gasteiger partial charge is 0.176 e. The molecule has 0 heterocycles. The molecule has 0 saturated heterocycles. The Hall–Kier alpha value is -1.31. The normalized spacial score (nSPS) is 10.7. The number of hydrogen-bond acceptors (Lipinski definition) is 2. The number of para-hydroxylation sites is 1. The number of ether oxygens (including phenoxy) is 1. The van der Waals surface area contributed by atoms with Crippen molar-refractivity contribution in [2.75, 3.05) is 6.54 Å². The molecule has 70 valence electrons. The summed E-state index contributed by atoms with van der Waals surface area (Å²) in [6.07, 6.45) is 1.51. The molecule has 1 aromatic rings. The van der Waals surface area contributed by atoms with Gasteiger partial charge in [-0.1, -0.05) is 18.2 Å². The molecule has 0 aliphatic rings.